The van der Waals surface area contributed by atoms with Crippen LogP contribution in [-0.2, 0) is 11.3 Å². The first kappa shape index (κ1) is 15.5. The maximum absolute atomic E-state index is 5.80. The highest BCUT2D eigenvalue weighted by Gasteiger charge is 2.21. The summed E-state index contributed by atoms with van der Waals surface area (Å²) in [6.45, 7) is 13.3. The molecule has 1 aliphatic rings. The van der Waals surface area contributed by atoms with Crippen LogP contribution in [-0.4, -0.2) is 54.1 Å². The summed E-state index contributed by atoms with van der Waals surface area (Å²) in [6.07, 6.45) is 0.290. The highest BCUT2D eigenvalue weighted by atomic mass is 16.5. The van der Waals surface area contributed by atoms with Crippen molar-refractivity contribution >= 4 is 0 Å². The fourth-order valence-electron chi connectivity index (χ4n) is 3.05. The van der Waals surface area contributed by atoms with Gasteiger partial charge in [0.25, 0.3) is 0 Å². The number of rotatable bonds is 5. The van der Waals surface area contributed by atoms with E-state index in [0.29, 0.717) is 6.04 Å². The van der Waals surface area contributed by atoms with E-state index in [0.717, 1.165) is 38.5 Å². The molecule has 0 amide bonds. The summed E-state index contributed by atoms with van der Waals surface area (Å²) >= 11 is 0. The van der Waals surface area contributed by atoms with Crippen LogP contribution in [0.15, 0.2) is 0 Å². The lowest BCUT2D eigenvalue weighted by Crippen LogP contribution is -2.45. The Hall–Kier alpha value is -0.910. The molecule has 0 aromatic carbocycles. The summed E-state index contributed by atoms with van der Waals surface area (Å²) in [4.78, 5) is 2.33. The molecule has 1 aromatic rings. The van der Waals surface area contributed by atoms with Crippen LogP contribution in [0.25, 0.3) is 0 Å². The quantitative estimate of drug-likeness (QED) is 0.887. The summed E-state index contributed by atoms with van der Waals surface area (Å²) in [5.74, 6) is 0. The van der Waals surface area contributed by atoms with Crippen molar-refractivity contribution in [2.45, 2.75) is 46.4 Å². The maximum atomic E-state index is 5.80. The molecule has 1 aliphatic heterocycles. The number of morpholine rings is 1. The highest BCUT2D eigenvalue weighted by Crippen LogP contribution is 2.21. The van der Waals surface area contributed by atoms with Crippen LogP contribution in [0.2, 0.25) is 0 Å². The maximum Gasteiger partial charge on any atom is 0.0826 e. The Labute approximate surface area is 122 Å². The van der Waals surface area contributed by atoms with Crippen LogP contribution in [0.3, 0.4) is 0 Å². The standard InChI is InChI=1S/C15H28N4O/c1-6-19-13(4)15(12(3)17-19)11(2)16-9-14-10-18(5)7-8-20-14/h11,14,16H,6-10H2,1-5H3. The van der Waals surface area contributed by atoms with Crippen LogP contribution in [0, 0.1) is 13.8 Å². The van der Waals surface area contributed by atoms with Gasteiger partial charge in [-0.25, -0.2) is 0 Å². The summed E-state index contributed by atoms with van der Waals surface area (Å²) in [5, 5.41) is 8.20. The van der Waals surface area contributed by atoms with Crippen LogP contribution in [0.4, 0.5) is 0 Å². The molecule has 1 saturated heterocycles. The number of likely N-dealkylation sites (N-methyl/N-ethyl adjacent to an activating group) is 1. The van der Waals surface area contributed by atoms with Crippen molar-refractivity contribution in [1.82, 2.24) is 20.0 Å². The van der Waals surface area contributed by atoms with Crippen molar-refractivity contribution in [2.24, 2.45) is 0 Å². The number of nitrogens with one attached hydrogen (secondary N) is 1. The fourth-order valence-corrected chi connectivity index (χ4v) is 3.05. The molecular formula is C15H28N4O. The normalized spacial score (nSPS) is 22.1. The van der Waals surface area contributed by atoms with Crippen molar-refractivity contribution in [3.05, 3.63) is 17.0 Å². The van der Waals surface area contributed by atoms with Crippen molar-refractivity contribution in [3.8, 4) is 0 Å². The zero-order chi connectivity index (χ0) is 14.7. The monoisotopic (exact) mass is 280 g/mol. The largest absolute Gasteiger partial charge is 0.374 e. The van der Waals surface area contributed by atoms with E-state index < -0.39 is 0 Å². The van der Waals surface area contributed by atoms with E-state index in [1.54, 1.807) is 0 Å². The second-order valence-corrected chi connectivity index (χ2v) is 5.79. The van der Waals surface area contributed by atoms with Gasteiger partial charge in [0.1, 0.15) is 0 Å². The van der Waals surface area contributed by atoms with E-state index in [-0.39, 0.29) is 6.10 Å². The second-order valence-electron chi connectivity index (χ2n) is 5.79. The summed E-state index contributed by atoms with van der Waals surface area (Å²) < 4.78 is 7.87. The molecule has 0 saturated carbocycles. The van der Waals surface area contributed by atoms with Crippen molar-refractivity contribution < 1.29 is 4.74 Å². The van der Waals surface area contributed by atoms with Gasteiger partial charge in [-0.3, -0.25) is 4.68 Å². The molecule has 2 heterocycles. The third-order valence-corrected chi connectivity index (χ3v) is 4.16. The average molecular weight is 280 g/mol. The average Bonchev–Trinajstić information content (AvgIpc) is 2.71. The first-order valence-corrected chi connectivity index (χ1v) is 7.60. The van der Waals surface area contributed by atoms with Gasteiger partial charge in [0.05, 0.1) is 18.4 Å². The molecule has 0 bridgehead atoms. The molecule has 1 fully saturated rings. The van der Waals surface area contributed by atoms with Gasteiger partial charge in [-0.1, -0.05) is 0 Å². The summed E-state index contributed by atoms with van der Waals surface area (Å²) in [6, 6.07) is 0.311. The molecule has 2 rings (SSSR count). The van der Waals surface area contributed by atoms with Crippen molar-refractivity contribution in [3.63, 3.8) is 0 Å². The lowest BCUT2D eigenvalue weighted by atomic mass is 10.1. The smallest absolute Gasteiger partial charge is 0.0826 e. The van der Waals surface area contributed by atoms with Gasteiger partial charge < -0.3 is 15.0 Å². The Kier molecular flexibility index (Phi) is 5.18. The second kappa shape index (κ2) is 6.70. The number of aryl methyl sites for hydroxylation is 2. The minimum atomic E-state index is 0.290. The van der Waals surface area contributed by atoms with Gasteiger partial charge in [-0.15, -0.1) is 0 Å². The summed E-state index contributed by atoms with van der Waals surface area (Å²) in [5.41, 5.74) is 3.73. The molecule has 5 nitrogen and oxygen atoms in total. The van der Waals surface area contributed by atoms with Crippen LogP contribution in [0.5, 0.6) is 0 Å². The molecule has 0 aliphatic carbocycles. The molecule has 114 valence electrons. The molecular weight excluding hydrogens is 252 g/mol. The first-order chi connectivity index (χ1) is 9.52. The number of nitrogens with zero attached hydrogens (tertiary/aromatic N) is 3. The lowest BCUT2D eigenvalue weighted by Gasteiger charge is -2.31. The fraction of sp³-hybridized carbons (Fsp3) is 0.800. The number of ether oxygens (including phenoxy) is 1. The van der Waals surface area contributed by atoms with Gasteiger partial charge >= 0.3 is 0 Å². The third kappa shape index (κ3) is 3.40. The molecule has 2 unspecified atom stereocenters. The third-order valence-electron chi connectivity index (χ3n) is 4.16. The van der Waals surface area contributed by atoms with Gasteiger partial charge in [0, 0.05) is 43.5 Å². The highest BCUT2D eigenvalue weighted by molar-refractivity contribution is 5.27. The predicted octanol–water partition coefficient (Wildman–Crippen LogP) is 1.50. The molecule has 1 N–H and O–H groups in total. The Morgan fingerprint density at radius 2 is 2.20 bits per heavy atom. The van der Waals surface area contributed by atoms with E-state index >= 15 is 0 Å². The first-order valence-electron chi connectivity index (χ1n) is 7.60. The van der Waals surface area contributed by atoms with Crippen LogP contribution < -0.4 is 5.32 Å². The molecule has 5 heteroatoms. The predicted molar refractivity (Wildman–Crippen MR) is 81.0 cm³/mol. The topological polar surface area (TPSA) is 42.3 Å². The number of hydrogen-bond acceptors (Lipinski definition) is 4. The van der Waals surface area contributed by atoms with E-state index in [1.807, 2.05) is 0 Å². The van der Waals surface area contributed by atoms with Gasteiger partial charge in [0.15, 0.2) is 0 Å². The van der Waals surface area contributed by atoms with E-state index in [4.69, 9.17) is 4.74 Å². The number of hydrogen-bond donors (Lipinski definition) is 1. The Morgan fingerprint density at radius 3 is 2.80 bits per heavy atom. The SMILES string of the molecule is CCn1nc(C)c(C(C)NCC2CN(C)CCO2)c1C. The van der Waals surface area contributed by atoms with E-state index in [9.17, 15) is 0 Å². The van der Waals surface area contributed by atoms with Crippen molar-refractivity contribution in [1.29, 1.82) is 0 Å². The lowest BCUT2D eigenvalue weighted by molar-refractivity contribution is -0.0191. The molecule has 0 radical (unpaired) electrons. The zero-order valence-electron chi connectivity index (χ0n) is 13.4. The zero-order valence-corrected chi connectivity index (χ0v) is 13.4. The van der Waals surface area contributed by atoms with Crippen LogP contribution in [0.1, 0.15) is 36.8 Å². The van der Waals surface area contributed by atoms with E-state index in [2.05, 4.69) is 54.7 Å². The van der Waals surface area contributed by atoms with E-state index in [1.165, 1.54) is 11.3 Å². The van der Waals surface area contributed by atoms with Gasteiger partial charge in [0.2, 0.25) is 0 Å². The Balaban J connectivity index is 1.94. The summed E-state index contributed by atoms with van der Waals surface area (Å²) in [7, 11) is 2.15. The van der Waals surface area contributed by atoms with Crippen LogP contribution >= 0.6 is 0 Å². The molecule has 20 heavy (non-hydrogen) atoms. The van der Waals surface area contributed by atoms with Crippen molar-refractivity contribution in [2.75, 3.05) is 33.3 Å². The molecule has 1 aromatic heterocycles. The molecule has 0 spiro atoms. The number of aromatic nitrogens is 2. The van der Waals surface area contributed by atoms with Gasteiger partial charge in [-0.2, -0.15) is 5.10 Å². The molecule has 2 atom stereocenters. The minimum absolute atomic E-state index is 0.290. The minimum Gasteiger partial charge on any atom is -0.374 e. The Morgan fingerprint density at radius 1 is 1.45 bits per heavy atom. The van der Waals surface area contributed by atoms with Gasteiger partial charge in [-0.05, 0) is 34.7 Å². The Bertz CT molecular complexity index is 443.